The molecule has 0 aliphatic heterocycles. The van der Waals surface area contributed by atoms with Crippen molar-refractivity contribution in [3.05, 3.63) is 64.7 Å². The lowest BCUT2D eigenvalue weighted by Crippen LogP contribution is -2.16. The fraction of sp³-hybridized carbons (Fsp3) is 0.263. The third-order valence-electron chi connectivity index (χ3n) is 4.21. The zero-order valence-corrected chi connectivity index (χ0v) is 15.4. The summed E-state index contributed by atoms with van der Waals surface area (Å²) < 4.78 is 3.06. The molecule has 0 unspecified atom stereocenters. The lowest BCUT2D eigenvalue weighted by atomic mass is 10.1. The number of rotatable bonds is 6. The smallest absolute Gasteiger partial charge is 0.325 e. The largest absolute Gasteiger partial charge is 0.480 e. The van der Waals surface area contributed by atoms with Gasteiger partial charge in [-0.1, -0.05) is 29.8 Å². The molecule has 140 valence electrons. The van der Waals surface area contributed by atoms with E-state index in [1.165, 1.54) is 22.5 Å². The number of amides is 1. The van der Waals surface area contributed by atoms with Gasteiger partial charge in [0, 0.05) is 6.20 Å². The first kappa shape index (κ1) is 18.4. The Morgan fingerprint density at radius 2 is 1.93 bits per heavy atom. The van der Waals surface area contributed by atoms with Gasteiger partial charge in [0.1, 0.15) is 6.54 Å². The molecule has 0 aliphatic rings. The standard InChI is InChI=1S/C19H21N5O3/c1-12-5-4-6-15(9-12)10-24-14(3)18(13(2)21-24)20-19(27)16-7-8-23(22-16)11-17(25)26/h4-9H,10-11H2,1-3H3,(H,20,27)(H,25,26). The first-order valence-electron chi connectivity index (χ1n) is 8.49. The second kappa shape index (κ2) is 7.45. The molecule has 3 aromatic rings. The van der Waals surface area contributed by atoms with Crippen molar-refractivity contribution < 1.29 is 14.7 Å². The van der Waals surface area contributed by atoms with Gasteiger partial charge in [-0.3, -0.25) is 19.0 Å². The van der Waals surface area contributed by atoms with E-state index < -0.39 is 11.9 Å². The van der Waals surface area contributed by atoms with Gasteiger partial charge in [0.25, 0.3) is 5.91 Å². The maximum Gasteiger partial charge on any atom is 0.325 e. The fourth-order valence-corrected chi connectivity index (χ4v) is 2.90. The number of nitrogens with one attached hydrogen (secondary N) is 1. The van der Waals surface area contributed by atoms with Crippen molar-refractivity contribution in [3.8, 4) is 0 Å². The number of hydrogen-bond acceptors (Lipinski definition) is 4. The highest BCUT2D eigenvalue weighted by atomic mass is 16.4. The van der Waals surface area contributed by atoms with Crippen LogP contribution < -0.4 is 5.32 Å². The molecular weight excluding hydrogens is 346 g/mol. The number of nitrogens with zero attached hydrogens (tertiary/aromatic N) is 4. The van der Waals surface area contributed by atoms with E-state index in [9.17, 15) is 9.59 Å². The van der Waals surface area contributed by atoms with Crippen molar-refractivity contribution in [2.24, 2.45) is 0 Å². The van der Waals surface area contributed by atoms with Crippen LogP contribution >= 0.6 is 0 Å². The van der Waals surface area contributed by atoms with Gasteiger partial charge in [-0.25, -0.2) is 0 Å². The van der Waals surface area contributed by atoms with E-state index in [-0.39, 0.29) is 12.2 Å². The number of carboxylic acids is 1. The normalized spacial score (nSPS) is 10.8. The van der Waals surface area contributed by atoms with Crippen molar-refractivity contribution in [1.82, 2.24) is 19.6 Å². The summed E-state index contributed by atoms with van der Waals surface area (Å²) in [7, 11) is 0. The Kier molecular flexibility index (Phi) is 5.07. The van der Waals surface area contributed by atoms with Gasteiger partial charge in [-0.05, 0) is 32.4 Å². The van der Waals surface area contributed by atoms with Crippen molar-refractivity contribution in [2.75, 3.05) is 5.32 Å². The van der Waals surface area contributed by atoms with Crippen LogP contribution in [0.15, 0.2) is 36.5 Å². The number of aliphatic carboxylic acids is 1. The third kappa shape index (κ3) is 4.22. The zero-order valence-electron chi connectivity index (χ0n) is 15.4. The predicted octanol–water partition coefficient (Wildman–Crippen LogP) is 2.39. The van der Waals surface area contributed by atoms with Gasteiger partial charge < -0.3 is 10.4 Å². The van der Waals surface area contributed by atoms with Gasteiger partial charge in [-0.2, -0.15) is 10.2 Å². The fourth-order valence-electron chi connectivity index (χ4n) is 2.90. The highest BCUT2D eigenvalue weighted by Crippen LogP contribution is 2.21. The van der Waals surface area contributed by atoms with Crippen LogP contribution in [0.5, 0.6) is 0 Å². The third-order valence-corrected chi connectivity index (χ3v) is 4.21. The molecule has 3 rings (SSSR count). The number of hydrogen-bond donors (Lipinski definition) is 2. The van der Waals surface area contributed by atoms with Crippen molar-refractivity contribution in [3.63, 3.8) is 0 Å². The van der Waals surface area contributed by atoms with E-state index >= 15 is 0 Å². The van der Waals surface area contributed by atoms with Crippen molar-refractivity contribution >= 4 is 17.6 Å². The van der Waals surface area contributed by atoms with Crippen LogP contribution in [0.4, 0.5) is 5.69 Å². The molecule has 27 heavy (non-hydrogen) atoms. The Hall–Kier alpha value is -3.42. The summed E-state index contributed by atoms with van der Waals surface area (Å²) in [5.41, 5.74) is 4.65. The van der Waals surface area contributed by atoms with E-state index in [0.717, 1.165) is 11.3 Å². The molecule has 0 atom stereocenters. The molecule has 0 bridgehead atoms. The van der Waals surface area contributed by atoms with E-state index in [4.69, 9.17) is 5.11 Å². The summed E-state index contributed by atoms with van der Waals surface area (Å²) in [6, 6.07) is 9.67. The van der Waals surface area contributed by atoms with Crippen LogP contribution in [-0.4, -0.2) is 36.5 Å². The van der Waals surface area contributed by atoms with Gasteiger partial charge in [-0.15, -0.1) is 0 Å². The molecule has 0 aliphatic carbocycles. The molecule has 2 heterocycles. The molecule has 1 amide bonds. The first-order chi connectivity index (χ1) is 12.8. The Bertz CT molecular complexity index is 1000. The van der Waals surface area contributed by atoms with Crippen LogP contribution in [0.3, 0.4) is 0 Å². The van der Waals surface area contributed by atoms with E-state index in [1.54, 1.807) is 0 Å². The predicted molar refractivity (Wildman–Crippen MR) is 99.8 cm³/mol. The molecule has 0 spiro atoms. The summed E-state index contributed by atoms with van der Waals surface area (Å²) in [6.45, 7) is 6.09. The van der Waals surface area contributed by atoms with Crippen molar-refractivity contribution in [2.45, 2.75) is 33.9 Å². The van der Waals surface area contributed by atoms with Gasteiger partial charge in [0.2, 0.25) is 0 Å². The Morgan fingerprint density at radius 3 is 2.63 bits per heavy atom. The summed E-state index contributed by atoms with van der Waals surface area (Å²) in [4.78, 5) is 23.2. The first-order valence-corrected chi connectivity index (χ1v) is 8.49. The minimum Gasteiger partial charge on any atom is -0.480 e. The van der Waals surface area contributed by atoms with Crippen LogP contribution in [0.25, 0.3) is 0 Å². The maximum atomic E-state index is 12.5. The number of carboxylic acid groups (broad SMARTS) is 1. The van der Waals surface area contributed by atoms with Crippen LogP contribution in [0.2, 0.25) is 0 Å². The summed E-state index contributed by atoms with van der Waals surface area (Å²) in [5, 5.41) is 20.1. The zero-order chi connectivity index (χ0) is 19.6. The highest BCUT2D eigenvalue weighted by Gasteiger charge is 2.17. The summed E-state index contributed by atoms with van der Waals surface area (Å²) >= 11 is 0. The molecule has 0 fully saturated rings. The number of carbonyl (C=O) groups is 2. The lowest BCUT2D eigenvalue weighted by molar-refractivity contribution is -0.137. The van der Waals surface area contributed by atoms with Gasteiger partial charge in [0.15, 0.2) is 5.69 Å². The molecule has 8 nitrogen and oxygen atoms in total. The molecular formula is C19H21N5O3. The summed E-state index contributed by atoms with van der Waals surface area (Å²) in [6.07, 6.45) is 1.46. The van der Waals surface area contributed by atoms with Crippen molar-refractivity contribution in [1.29, 1.82) is 0 Å². The average Bonchev–Trinajstić information content (AvgIpc) is 3.15. The van der Waals surface area contributed by atoms with Crippen LogP contribution in [0.1, 0.15) is 33.0 Å². The molecule has 0 saturated carbocycles. The van der Waals surface area contributed by atoms with Crippen LogP contribution in [-0.2, 0) is 17.9 Å². The van der Waals surface area contributed by atoms with Crippen LogP contribution in [0, 0.1) is 20.8 Å². The Morgan fingerprint density at radius 1 is 1.15 bits per heavy atom. The van der Waals surface area contributed by atoms with E-state index in [1.807, 2.05) is 43.7 Å². The molecule has 8 heteroatoms. The minimum atomic E-state index is -1.02. The molecule has 0 radical (unpaired) electrons. The maximum absolute atomic E-state index is 12.5. The Balaban J connectivity index is 1.77. The number of anilines is 1. The van der Waals surface area contributed by atoms with Gasteiger partial charge >= 0.3 is 5.97 Å². The summed E-state index contributed by atoms with van der Waals surface area (Å²) in [5.74, 6) is -1.42. The molecule has 1 aromatic carbocycles. The Labute approximate surface area is 156 Å². The molecule has 2 aromatic heterocycles. The van der Waals surface area contributed by atoms with E-state index in [0.29, 0.717) is 17.9 Å². The van der Waals surface area contributed by atoms with E-state index in [2.05, 4.69) is 21.6 Å². The average molecular weight is 367 g/mol. The minimum absolute atomic E-state index is 0.154. The monoisotopic (exact) mass is 367 g/mol. The van der Waals surface area contributed by atoms with Gasteiger partial charge in [0.05, 0.1) is 23.6 Å². The topological polar surface area (TPSA) is 102 Å². The highest BCUT2D eigenvalue weighted by molar-refractivity contribution is 6.03. The SMILES string of the molecule is Cc1cccc(Cn2nc(C)c(NC(=O)c3ccn(CC(=O)O)n3)c2C)c1. The lowest BCUT2D eigenvalue weighted by Gasteiger charge is -2.07. The second-order valence-electron chi connectivity index (χ2n) is 6.44. The number of carbonyl (C=O) groups excluding carboxylic acids is 1. The number of aromatic nitrogens is 4. The number of benzene rings is 1. The second-order valence-corrected chi connectivity index (χ2v) is 6.44. The quantitative estimate of drug-likeness (QED) is 0.696. The number of aryl methyl sites for hydroxylation is 2. The molecule has 2 N–H and O–H groups in total. The molecule has 0 saturated heterocycles.